The van der Waals surface area contributed by atoms with E-state index >= 15 is 0 Å². The minimum atomic E-state index is -3.63. The molecule has 204 valence electrons. The fourth-order valence-corrected chi connectivity index (χ4v) is 7.26. The molecule has 0 atom stereocenters. The Morgan fingerprint density at radius 1 is 1.00 bits per heavy atom. The summed E-state index contributed by atoms with van der Waals surface area (Å²) in [6, 6.07) is 12.4. The average Bonchev–Trinajstić information content (AvgIpc) is 3.40. The zero-order valence-electron chi connectivity index (χ0n) is 21.7. The zero-order valence-corrected chi connectivity index (χ0v) is 23.3. The second-order valence-electron chi connectivity index (χ2n) is 9.42. The van der Waals surface area contributed by atoms with Gasteiger partial charge in [-0.1, -0.05) is 30.4 Å². The number of aryl methyl sites for hydroxylation is 1. The lowest BCUT2D eigenvalue weighted by Gasteiger charge is -2.28. The summed E-state index contributed by atoms with van der Waals surface area (Å²) in [7, 11) is -3.63. The van der Waals surface area contributed by atoms with Crippen molar-refractivity contribution in [2.45, 2.75) is 24.7 Å². The maximum Gasteiger partial charge on any atom is 0.260 e. The predicted molar refractivity (Wildman–Crippen MR) is 149 cm³/mol. The molecule has 0 bridgehead atoms. The monoisotopic (exact) mass is 558 g/mol. The molecule has 38 heavy (non-hydrogen) atoms. The van der Waals surface area contributed by atoms with E-state index in [4.69, 9.17) is 14.5 Å². The highest BCUT2D eigenvalue weighted by atomic mass is 32.2. The Bertz CT molecular complexity index is 1350. The Balaban J connectivity index is 1.38. The highest BCUT2D eigenvalue weighted by Gasteiger charge is 2.27. The van der Waals surface area contributed by atoms with Gasteiger partial charge in [-0.05, 0) is 48.7 Å². The Labute approximate surface area is 228 Å². The Hall–Kier alpha value is -2.41. The molecule has 3 heterocycles. The fraction of sp³-hybridized carbons (Fsp3) is 0.481. The van der Waals surface area contributed by atoms with E-state index in [1.54, 1.807) is 17.0 Å². The molecule has 5 rings (SSSR count). The molecule has 11 heteroatoms. The minimum absolute atomic E-state index is 0.181. The van der Waals surface area contributed by atoms with Crippen molar-refractivity contribution >= 4 is 42.6 Å². The van der Waals surface area contributed by atoms with Gasteiger partial charge in [0.25, 0.3) is 5.91 Å². The first-order valence-corrected chi connectivity index (χ1v) is 15.4. The number of aromatic nitrogens is 1. The van der Waals surface area contributed by atoms with Crippen LogP contribution in [0.15, 0.2) is 47.4 Å². The van der Waals surface area contributed by atoms with E-state index in [-0.39, 0.29) is 10.8 Å². The maximum absolute atomic E-state index is 13.8. The van der Waals surface area contributed by atoms with Crippen molar-refractivity contribution in [1.29, 1.82) is 0 Å². The lowest BCUT2D eigenvalue weighted by atomic mass is 10.1. The van der Waals surface area contributed by atoms with Gasteiger partial charge in [0.05, 0.1) is 41.5 Å². The van der Waals surface area contributed by atoms with E-state index in [2.05, 4.69) is 17.9 Å². The number of carbonyl (C=O) groups is 1. The molecule has 2 saturated heterocycles. The number of benzene rings is 2. The first kappa shape index (κ1) is 27.2. The lowest BCUT2D eigenvalue weighted by Crippen LogP contribution is -2.40. The van der Waals surface area contributed by atoms with Crippen LogP contribution in [0.1, 0.15) is 29.3 Å². The van der Waals surface area contributed by atoms with Gasteiger partial charge in [-0.15, -0.1) is 0 Å². The van der Waals surface area contributed by atoms with E-state index in [0.29, 0.717) is 43.5 Å². The highest BCUT2D eigenvalue weighted by molar-refractivity contribution is 7.89. The van der Waals surface area contributed by atoms with Crippen molar-refractivity contribution in [2.24, 2.45) is 0 Å². The van der Waals surface area contributed by atoms with Gasteiger partial charge in [0.1, 0.15) is 0 Å². The van der Waals surface area contributed by atoms with Gasteiger partial charge in [-0.25, -0.2) is 13.4 Å². The maximum atomic E-state index is 13.8. The second-order valence-corrected chi connectivity index (χ2v) is 12.4. The van der Waals surface area contributed by atoms with Crippen molar-refractivity contribution in [2.75, 3.05) is 70.6 Å². The van der Waals surface area contributed by atoms with Crippen LogP contribution >= 0.6 is 11.3 Å². The number of fused-ring (bicyclic) bond motifs is 1. The molecule has 0 aliphatic carbocycles. The number of hydrogen-bond donors (Lipinski definition) is 0. The fourth-order valence-electron chi connectivity index (χ4n) is 4.82. The number of morpholine rings is 2. The normalized spacial score (nSPS) is 17.6. The molecule has 3 aromatic rings. The van der Waals surface area contributed by atoms with Crippen LogP contribution < -0.4 is 4.90 Å². The SMILES string of the molecule is CCc1cccc2sc(N(CCCN3CCOCC3)C(=O)c3ccc(S(=O)(=O)N4CCOCC4)cc3)nc12. The number of amides is 1. The lowest BCUT2D eigenvalue weighted by molar-refractivity contribution is 0.0376. The first-order valence-electron chi connectivity index (χ1n) is 13.2. The quantitative estimate of drug-likeness (QED) is 0.398. The van der Waals surface area contributed by atoms with Crippen LogP contribution in [-0.4, -0.2) is 94.2 Å². The number of para-hydroxylation sites is 1. The van der Waals surface area contributed by atoms with Gasteiger partial charge in [0.15, 0.2) is 5.13 Å². The van der Waals surface area contributed by atoms with Gasteiger partial charge in [-0.2, -0.15) is 4.31 Å². The number of anilines is 1. The smallest absolute Gasteiger partial charge is 0.260 e. The van der Waals surface area contributed by atoms with Crippen molar-refractivity contribution in [1.82, 2.24) is 14.2 Å². The zero-order chi connectivity index (χ0) is 26.5. The van der Waals surface area contributed by atoms with E-state index in [1.807, 2.05) is 12.1 Å². The number of rotatable bonds is 9. The summed E-state index contributed by atoms with van der Waals surface area (Å²) in [6.45, 7) is 8.19. The molecule has 1 amide bonds. The third-order valence-electron chi connectivity index (χ3n) is 7.02. The predicted octanol–water partition coefficient (Wildman–Crippen LogP) is 3.25. The molecule has 9 nitrogen and oxygen atoms in total. The first-order chi connectivity index (χ1) is 18.5. The van der Waals surface area contributed by atoms with Gasteiger partial charge >= 0.3 is 0 Å². The van der Waals surface area contributed by atoms with Crippen LogP contribution in [-0.2, 0) is 25.9 Å². The molecule has 0 unspecified atom stereocenters. The molecule has 2 aromatic carbocycles. The van der Waals surface area contributed by atoms with E-state index in [1.165, 1.54) is 27.8 Å². The summed E-state index contributed by atoms with van der Waals surface area (Å²) in [4.78, 5) is 23.0. The Kier molecular flexibility index (Phi) is 8.71. The number of nitrogens with zero attached hydrogens (tertiary/aromatic N) is 4. The molecule has 0 N–H and O–H groups in total. The largest absolute Gasteiger partial charge is 0.379 e. The van der Waals surface area contributed by atoms with Crippen LogP contribution in [0, 0.1) is 0 Å². The van der Waals surface area contributed by atoms with Crippen molar-refractivity contribution in [3.63, 3.8) is 0 Å². The third-order valence-corrected chi connectivity index (χ3v) is 9.97. The van der Waals surface area contributed by atoms with Crippen LogP contribution in [0.5, 0.6) is 0 Å². The molecule has 2 fully saturated rings. The summed E-state index contributed by atoms with van der Waals surface area (Å²) in [5, 5.41) is 0.665. The summed E-state index contributed by atoms with van der Waals surface area (Å²) >= 11 is 1.52. The number of thiazole rings is 1. The standard InChI is InChI=1S/C27H34N4O5S2/c1-2-21-5-3-6-24-25(21)28-27(37-24)31(12-4-11-29-13-17-35-18-14-29)26(32)22-7-9-23(10-8-22)38(33,34)30-15-19-36-20-16-30/h3,5-10H,2,4,11-20H2,1H3. The van der Waals surface area contributed by atoms with Crippen molar-refractivity contribution in [3.05, 3.63) is 53.6 Å². The molecular formula is C27H34N4O5S2. The van der Waals surface area contributed by atoms with E-state index in [9.17, 15) is 13.2 Å². The summed E-state index contributed by atoms with van der Waals surface area (Å²) < 4.78 is 39.3. The third kappa shape index (κ3) is 5.93. The minimum Gasteiger partial charge on any atom is -0.379 e. The topological polar surface area (TPSA) is 92.3 Å². The molecule has 0 radical (unpaired) electrons. The number of sulfonamides is 1. The van der Waals surface area contributed by atoms with Crippen LogP contribution in [0.3, 0.4) is 0 Å². The van der Waals surface area contributed by atoms with Gasteiger partial charge in [-0.3, -0.25) is 14.6 Å². The second kappa shape index (κ2) is 12.2. The number of carbonyl (C=O) groups excluding carboxylic acids is 1. The van der Waals surface area contributed by atoms with Gasteiger partial charge in [0.2, 0.25) is 10.0 Å². The molecule has 2 aliphatic rings. The Morgan fingerprint density at radius 3 is 2.37 bits per heavy atom. The summed E-state index contributed by atoms with van der Waals surface area (Å²) in [5.41, 5.74) is 2.53. The van der Waals surface area contributed by atoms with Gasteiger partial charge in [0, 0.05) is 44.8 Å². The number of hydrogen-bond acceptors (Lipinski definition) is 8. The van der Waals surface area contributed by atoms with Crippen LogP contribution in [0.2, 0.25) is 0 Å². The molecule has 2 aliphatic heterocycles. The molecule has 0 saturated carbocycles. The Morgan fingerprint density at radius 2 is 1.68 bits per heavy atom. The highest BCUT2D eigenvalue weighted by Crippen LogP contribution is 2.32. The van der Waals surface area contributed by atoms with E-state index in [0.717, 1.165) is 61.5 Å². The number of ether oxygens (including phenoxy) is 2. The molecule has 0 spiro atoms. The van der Waals surface area contributed by atoms with Crippen LogP contribution in [0.4, 0.5) is 5.13 Å². The average molecular weight is 559 g/mol. The van der Waals surface area contributed by atoms with E-state index < -0.39 is 10.0 Å². The summed E-state index contributed by atoms with van der Waals surface area (Å²) in [6.07, 6.45) is 1.66. The van der Waals surface area contributed by atoms with Crippen molar-refractivity contribution < 1.29 is 22.7 Å². The van der Waals surface area contributed by atoms with Gasteiger partial charge < -0.3 is 9.47 Å². The summed E-state index contributed by atoms with van der Waals surface area (Å²) in [5.74, 6) is -0.181. The molecule has 1 aromatic heterocycles. The molecular weight excluding hydrogens is 524 g/mol. The van der Waals surface area contributed by atoms with Crippen LogP contribution in [0.25, 0.3) is 10.2 Å². The van der Waals surface area contributed by atoms with Crippen molar-refractivity contribution in [3.8, 4) is 0 Å².